The Labute approximate surface area is 142 Å². The molecule has 24 heavy (non-hydrogen) atoms. The average molecular weight is 331 g/mol. The van der Waals surface area contributed by atoms with E-state index in [0.29, 0.717) is 12.3 Å². The SMILES string of the molecule is CC(C)CC(O)CNC(=O)NC(C)c1ccc(-n2ccnn2)cc1. The van der Waals surface area contributed by atoms with E-state index >= 15 is 0 Å². The number of aliphatic hydroxyl groups excluding tert-OH is 1. The Kier molecular flexibility index (Phi) is 6.31. The molecule has 2 aromatic rings. The Bertz CT molecular complexity index is 625. The van der Waals surface area contributed by atoms with E-state index in [-0.39, 0.29) is 18.6 Å². The van der Waals surface area contributed by atoms with Gasteiger partial charge in [0.05, 0.1) is 30.2 Å². The molecule has 7 heteroatoms. The van der Waals surface area contributed by atoms with E-state index in [2.05, 4.69) is 20.9 Å². The monoisotopic (exact) mass is 331 g/mol. The van der Waals surface area contributed by atoms with Crippen molar-refractivity contribution < 1.29 is 9.90 Å². The van der Waals surface area contributed by atoms with E-state index in [0.717, 1.165) is 11.3 Å². The molecule has 0 saturated carbocycles. The molecule has 0 aliphatic rings. The summed E-state index contributed by atoms with van der Waals surface area (Å²) in [7, 11) is 0. The quantitative estimate of drug-likeness (QED) is 0.724. The van der Waals surface area contributed by atoms with Crippen LogP contribution in [0, 0.1) is 5.92 Å². The van der Waals surface area contributed by atoms with Gasteiger partial charge in [-0.1, -0.05) is 31.2 Å². The lowest BCUT2D eigenvalue weighted by Gasteiger charge is -2.17. The number of hydrogen-bond donors (Lipinski definition) is 3. The number of rotatable bonds is 7. The van der Waals surface area contributed by atoms with Crippen LogP contribution in [0.2, 0.25) is 0 Å². The van der Waals surface area contributed by atoms with Gasteiger partial charge in [-0.25, -0.2) is 9.48 Å². The van der Waals surface area contributed by atoms with Crippen LogP contribution in [-0.4, -0.2) is 38.8 Å². The van der Waals surface area contributed by atoms with Crippen molar-refractivity contribution in [3.63, 3.8) is 0 Å². The van der Waals surface area contributed by atoms with Crippen LogP contribution in [0.25, 0.3) is 5.69 Å². The van der Waals surface area contributed by atoms with Crippen LogP contribution in [0.3, 0.4) is 0 Å². The maximum atomic E-state index is 11.9. The lowest BCUT2D eigenvalue weighted by Crippen LogP contribution is -2.41. The number of benzene rings is 1. The zero-order valence-corrected chi connectivity index (χ0v) is 14.3. The number of nitrogens with one attached hydrogen (secondary N) is 2. The van der Waals surface area contributed by atoms with Gasteiger partial charge in [0.25, 0.3) is 0 Å². The number of hydrogen-bond acceptors (Lipinski definition) is 4. The highest BCUT2D eigenvalue weighted by atomic mass is 16.3. The number of carbonyl (C=O) groups is 1. The molecule has 7 nitrogen and oxygen atoms in total. The zero-order valence-electron chi connectivity index (χ0n) is 14.3. The van der Waals surface area contributed by atoms with E-state index in [1.807, 2.05) is 45.0 Å². The molecule has 0 aliphatic carbocycles. The van der Waals surface area contributed by atoms with Crippen molar-refractivity contribution in [1.29, 1.82) is 0 Å². The smallest absolute Gasteiger partial charge is 0.315 e. The van der Waals surface area contributed by atoms with Gasteiger partial charge in [0.1, 0.15) is 0 Å². The lowest BCUT2D eigenvalue weighted by atomic mass is 10.1. The summed E-state index contributed by atoms with van der Waals surface area (Å²) in [5.41, 5.74) is 1.89. The average Bonchev–Trinajstić information content (AvgIpc) is 3.07. The van der Waals surface area contributed by atoms with Crippen molar-refractivity contribution in [3.05, 3.63) is 42.2 Å². The van der Waals surface area contributed by atoms with Crippen molar-refractivity contribution >= 4 is 6.03 Å². The number of aromatic nitrogens is 3. The minimum Gasteiger partial charge on any atom is -0.391 e. The van der Waals surface area contributed by atoms with Crippen LogP contribution in [-0.2, 0) is 0 Å². The van der Waals surface area contributed by atoms with Gasteiger partial charge in [0, 0.05) is 6.54 Å². The van der Waals surface area contributed by atoms with Crippen molar-refractivity contribution in [3.8, 4) is 5.69 Å². The van der Waals surface area contributed by atoms with Crippen LogP contribution in [0.5, 0.6) is 0 Å². The minimum absolute atomic E-state index is 0.142. The number of carbonyl (C=O) groups excluding carboxylic acids is 1. The lowest BCUT2D eigenvalue weighted by molar-refractivity contribution is 0.146. The molecule has 3 N–H and O–H groups in total. The molecular formula is C17H25N5O2. The van der Waals surface area contributed by atoms with Crippen LogP contribution >= 0.6 is 0 Å². The van der Waals surface area contributed by atoms with Gasteiger partial charge in [-0.05, 0) is 37.0 Å². The third-order valence-electron chi connectivity index (χ3n) is 3.67. The van der Waals surface area contributed by atoms with Crippen molar-refractivity contribution in [2.24, 2.45) is 5.92 Å². The summed E-state index contributed by atoms with van der Waals surface area (Å²) in [5.74, 6) is 0.396. The fourth-order valence-electron chi connectivity index (χ4n) is 2.43. The third kappa shape index (κ3) is 5.34. The second-order valence-electron chi connectivity index (χ2n) is 6.30. The van der Waals surface area contributed by atoms with E-state index < -0.39 is 6.10 Å². The highest BCUT2D eigenvalue weighted by molar-refractivity contribution is 5.74. The summed E-state index contributed by atoms with van der Waals surface area (Å²) in [5, 5.41) is 23.1. The number of urea groups is 1. The van der Waals surface area contributed by atoms with Crippen LogP contribution in [0.1, 0.15) is 38.8 Å². The molecule has 1 heterocycles. The first kappa shape index (κ1) is 17.9. The van der Waals surface area contributed by atoms with Gasteiger partial charge < -0.3 is 15.7 Å². The predicted octanol–water partition coefficient (Wildman–Crippen LogP) is 2.03. The Balaban J connectivity index is 1.83. The largest absolute Gasteiger partial charge is 0.391 e. The molecule has 0 radical (unpaired) electrons. The number of amides is 2. The van der Waals surface area contributed by atoms with Gasteiger partial charge in [-0.2, -0.15) is 0 Å². The van der Waals surface area contributed by atoms with Crippen molar-refractivity contribution in [2.45, 2.75) is 39.3 Å². The summed E-state index contributed by atoms with van der Waals surface area (Å²) in [4.78, 5) is 11.9. The van der Waals surface area contributed by atoms with E-state index in [4.69, 9.17) is 0 Å². The van der Waals surface area contributed by atoms with Crippen LogP contribution < -0.4 is 10.6 Å². The second-order valence-corrected chi connectivity index (χ2v) is 6.30. The summed E-state index contributed by atoms with van der Waals surface area (Å²) in [6, 6.07) is 7.30. The molecule has 130 valence electrons. The highest BCUT2D eigenvalue weighted by Crippen LogP contribution is 2.15. The van der Waals surface area contributed by atoms with Gasteiger partial charge >= 0.3 is 6.03 Å². The molecule has 2 amide bonds. The fourth-order valence-corrected chi connectivity index (χ4v) is 2.43. The van der Waals surface area contributed by atoms with Gasteiger partial charge in [-0.3, -0.25) is 0 Å². The number of aliphatic hydroxyl groups is 1. The highest BCUT2D eigenvalue weighted by Gasteiger charge is 2.12. The van der Waals surface area contributed by atoms with E-state index in [1.165, 1.54) is 0 Å². The Morgan fingerprint density at radius 1 is 1.25 bits per heavy atom. The summed E-state index contributed by atoms with van der Waals surface area (Å²) in [6.45, 7) is 6.24. The zero-order chi connectivity index (χ0) is 17.5. The van der Waals surface area contributed by atoms with Crippen LogP contribution in [0.15, 0.2) is 36.7 Å². The molecule has 0 aliphatic heterocycles. The van der Waals surface area contributed by atoms with E-state index in [9.17, 15) is 9.90 Å². The molecule has 0 spiro atoms. The van der Waals surface area contributed by atoms with Crippen molar-refractivity contribution in [1.82, 2.24) is 25.6 Å². The van der Waals surface area contributed by atoms with Gasteiger partial charge in [0.2, 0.25) is 0 Å². The molecule has 2 unspecified atom stereocenters. The molecule has 2 atom stereocenters. The predicted molar refractivity (Wildman–Crippen MR) is 91.8 cm³/mol. The molecule has 1 aromatic heterocycles. The Morgan fingerprint density at radius 2 is 1.96 bits per heavy atom. The fraction of sp³-hybridized carbons (Fsp3) is 0.471. The standard InChI is InChI=1S/C17H25N5O2/c1-12(2)10-16(23)11-18-17(24)20-13(3)14-4-6-15(7-5-14)22-9-8-19-21-22/h4-9,12-13,16,23H,10-11H2,1-3H3,(H2,18,20,24). The maximum Gasteiger partial charge on any atom is 0.315 e. The molecule has 0 fully saturated rings. The molecule has 2 rings (SSSR count). The topological polar surface area (TPSA) is 92.1 Å². The first-order chi connectivity index (χ1) is 11.5. The van der Waals surface area contributed by atoms with Gasteiger partial charge in [-0.15, -0.1) is 5.10 Å². The first-order valence-electron chi connectivity index (χ1n) is 8.14. The molecule has 1 aromatic carbocycles. The third-order valence-corrected chi connectivity index (χ3v) is 3.67. The summed E-state index contributed by atoms with van der Waals surface area (Å²) in [6.07, 6.45) is 3.54. The normalized spacial score (nSPS) is 13.5. The van der Waals surface area contributed by atoms with Gasteiger partial charge in [0.15, 0.2) is 0 Å². The second kappa shape index (κ2) is 8.44. The number of nitrogens with zero attached hydrogens (tertiary/aromatic N) is 3. The van der Waals surface area contributed by atoms with Crippen molar-refractivity contribution in [2.75, 3.05) is 6.54 Å². The Hall–Kier alpha value is -2.41. The molecule has 0 bridgehead atoms. The summed E-state index contributed by atoms with van der Waals surface area (Å²) >= 11 is 0. The summed E-state index contributed by atoms with van der Waals surface area (Å²) < 4.78 is 1.67. The maximum absolute atomic E-state index is 11.9. The van der Waals surface area contributed by atoms with E-state index in [1.54, 1.807) is 17.1 Å². The molecule has 0 saturated heterocycles. The molecular weight excluding hydrogens is 306 g/mol. The minimum atomic E-state index is -0.520. The first-order valence-corrected chi connectivity index (χ1v) is 8.14. The van der Waals surface area contributed by atoms with Crippen LogP contribution in [0.4, 0.5) is 4.79 Å². The Morgan fingerprint density at radius 3 is 2.54 bits per heavy atom.